The molecule has 0 unspecified atom stereocenters. The van der Waals surface area contributed by atoms with Crippen LogP contribution in [0.3, 0.4) is 0 Å². The second-order valence-corrected chi connectivity index (χ2v) is 2.03. The summed E-state index contributed by atoms with van der Waals surface area (Å²) in [4.78, 5) is 10.1. The molecule has 0 radical (unpaired) electrons. The van der Waals surface area contributed by atoms with Gasteiger partial charge in [-0.25, -0.2) is 4.79 Å². The van der Waals surface area contributed by atoms with Crippen molar-refractivity contribution in [3.63, 3.8) is 0 Å². The molecule has 0 aromatic rings. The van der Waals surface area contributed by atoms with E-state index in [4.69, 9.17) is 5.11 Å². The van der Waals surface area contributed by atoms with Crippen molar-refractivity contribution in [2.24, 2.45) is 0 Å². The van der Waals surface area contributed by atoms with Crippen LogP contribution in [0, 0.1) is 0 Å². The molecule has 0 aliphatic rings. The molecule has 0 aromatic heterocycles. The van der Waals surface area contributed by atoms with E-state index in [1.54, 1.807) is 6.92 Å². The molecule has 72 valence electrons. The van der Waals surface area contributed by atoms with Crippen LogP contribution >= 0.6 is 0 Å². The van der Waals surface area contributed by atoms with E-state index >= 15 is 0 Å². The summed E-state index contributed by atoms with van der Waals surface area (Å²) in [5.74, 6) is -0.359. The van der Waals surface area contributed by atoms with Gasteiger partial charge in [-0.1, -0.05) is 19.9 Å². The fourth-order valence-corrected chi connectivity index (χ4v) is 0.359. The van der Waals surface area contributed by atoms with Gasteiger partial charge in [0.2, 0.25) is 0 Å². The van der Waals surface area contributed by atoms with E-state index < -0.39 is 0 Å². The highest BCUT2D eigenvalue weighted by molar-refractivity contribution is 5.81. The summed E-state index contributed by atoms with van der Waals surface area (Å²) in [5, 5.41) is 8.07. The predicted molar refractivity (Wildman–Crippen MR) is 48.8 cm³/mol. The molecule has 0 spiro atoms. The average molecular weight is 174 g/mol. The molecule has 0 fully saturated rings. The molecule has 0 saturated heterocycles. The number of rotatable bonds is 4. The minimum absolute atomic E-state index is 0.344. The van der Waals surface area contributed by atoms with Crippen molar-refractivity contribution >= 4 is 5.97 Å². The smallest absolute Gasteiger partial charge is 0.330 e. The van der Waals surface area contributed by atoms with Gasteiger partial charge in [0.1, 0.15) is 0 Å². The standard InChI is InChI=1S/C5H8O2.C4H10O/c1-3-5(6)7-4-2;1-2-3-4-5/h3H,1,4H2,2H3;5H,2-4H2,1H3. The van der Waals surface area contributed by atoms with Crippen molar-refractivity contribution in [3.8, 4) is 0 Å². The fourth-order valence-electron chi connectivity index (χ4n) is 0.359. The van der Waals surface area contributed by atoms with Gasteiger partial charge in [0, 0.05) is 12.7 Å². The Kier molecular flexibility index (Phi) is 14.7. The number of esters is 1. The maximum absolute atomic E-state index is 10.1. The van der Waals surface area contributed by atoms with Crippen LogP contribution in [0.5, 0.6) is 0 Å². The summed E-state index contributed by atoms with van der Waals surface area (Å²) >= 11 is 0. The van der Waals surface area contributed by atoms with Crippen molar-refractivity contribution in [2.45, 2.75) is 26.7 Å². The quantitative estimate of drug-likeness (QED) is 0.519. The second kappa shape index (κ2) is 12.8. The minimum atomic E-state index is -0.359. The second-order valence-electron chi connectivity index (χ2n) is 2.03. The molecule has 0 aliphatic heterocycles. The first-order chi connectivity index (χ1) is 5.72. The highest BCUT2D eigenvalue weighted by atomic mass is 16.5. The number of carbonyl (C=O) groups is 1. The number of hydrogen-bond donors (Lipinski definition) is 1. The van der Waals surface area contributed by atoms with Gasteiger partial charge in [0.25, 0.3) is 0 Å². The Labute approximate surface area is 74.0 Å². The van der Waals surface area contributed by atoms with E-state index in [1.807, 2.05) is 0 Å². The first-order valence-corrected chi connectivity index (χ1v) is 4.12. The summed E-state index contributed by atoms with van der Waals surface area (Å²) in [5.41, 5.74) is 0. The Bertz CT molecular complexity index is 108. The maximum atomic E-state index is 10.1. The predicted octanol–water partition coefficient (Wildman–Crippen LogP) is 1.51. The monoisotopic (exact) mass is 174 g/mol. The summed E-state index contributed by atoms with van der Waals surface area (Å²) in [6.07, 6.45) is 3.18. The zero-order valence-electron chi connectivity index (χ0n) is 7.88. The molecule has 0 amide bonds. The Hall–Kier alpha value is -0.830. The van der Waals surface area contributed by atoms with Crippen molar-refractivity contribution in [2.75, 3.05) is 13.2 Å². The molecule has 0 saturated carbocycles. The molecule has 3 nitrogen and oxygen atoms in total. The lowest BCUT2D eigenvalue weighted by atomic mass is 10.4. The minimum Gasteiger partial charge on any atom is -0.463 e. The van der Waals surface area contributed by atoms with Crippen molar-refractivity contribution in [1.82, 2.24) is 0 Å². The SMILES string of the molecule is C=CC(=O)OCC.CCCCO. The van der Waals surface area contributed by atoms with E-state index in [2.05, 4.69) is 18.2 Å². The summed E-state index contributed by atoms with van der Waals surface area (Å²) in [6.45, 7) is 7.77. The van der Waals surface area contributed by atoms with E-state index in [0.29, 0.717) is 13.2 Å². The van der Waals surface area contributed by atoms with Crippen molar-refractivity contribution in [3.05, 3.63) is 12.7 Å². The van der Waals surface area contributed by atoms with Crippen molar-refractivity contribution < 1.29 is 14.6 Å². The van der Waals surface area contributed by atoms with Gasteiger partial charge in [0.15, 0.2) is 0 Å². The number of aliphatic hydroxyl groups excluding tert-OH is 1. The molecule has 0 aliphatic carbocycles. The molecule has 0 heterocycles. The third-order valence-electron chi connectivity index (χ3n) is 0.965. The Morgan fingerprint density at radius 1 is 1.58 bits per heavy atom. The van der Waals surface area contributed by atoms with Crippen LogP contribution in [0.4, 0.5) is 0 Å². The number of hydrogen-bond acceptors (Lipinski definition) is 3. The van der Waals surface area contributed by atoms with Gasteiger partial charge in [-0.2, -0.15) is 0 Å². The Morgan fingerprint density at radius 2 is 2.17 bits per heavy atom. The molecule has 0 rings (SSSR count). The molecule has 0 bridgehead atoms. The van der Waals surface area contributed by atoms with Crippen LogP contribution in [0.2, 0.25) is 0 Å². The number of unbranched alkanes of at least 4 members (excludes halogenated alkanes) is 1. The van der Waals surface area contributed by atoms with E-state index in [1.165, 1.54) is 0 Å². The summed E-state index contributed by atoms with van der Waals surface area (Å²) in [6, 6.07) is 0. The molecular weight excluding hydrogens is 156 g/mol. The topological polar surface area (TPSA) is 46.5 Å². The van der Waals surface area contributed by atoms with Gasteiger partial charge < -0.3 is 9.84 Å². The first kappa shape index (κ1) is 13.7. The van der Waals surface area contributed by atoms with E-state index in [-0.39, 0.29) is 5.97 Å². The maximum Gasteiger partial charge on any atom is 0.330 e. The molecule has 12 heavy (non-hydrogen) atoms. The summed E-state index contributed by atoms with van der Waals surface area (Å²) < 4.78 is 4.43. The van der Waals surface area contributed by atoms with Crippen LogP contribution in [0.15, 0.2) is 12.7 Å². The zero-order valence-corrected chi connectivity index (χ0v) is 7.88. The van der Waals surface area contributed by atoms with Gasteiger partial charge in [-0.15, -0.1) is 0 Å². The highest BCUT2D eigenvalue weighted by Gasteiger charge is 1.86. The molecule has 0 atom stereocenters. The largest absolute Gasteiger partial charge is 0.463 e. The van der Waals surface area contributed by atoms with E-state index in [9.17, 15) is 4.79 Å². The lowest BCUT2D eigenvalue weighted by molar-refractivity contribution is -0.137. The lowest BCUT2D eigenvalue weighted by Crippen LogP contribution is -1.97. The number of aliphatic hydroxyl groups is 1. The van der Waals surface area contributed by atoms with Crippen LogP contribution in [0.1, 0.15) is 26.7 Å². The van der Waals surface area contributed by atoms with Crippen molar-refractivity contribution in [1.29, 1.82) is 0 Å². The highest BCUT2D eigenvalue weighted by Crippen LogP contribution is 1.78. The van der Waals surface area contributed by atoms with Gasteiger partial charge in [0.05, 0.1) is 6.61 Å². The van der Waals surface area contributed by atoms with Crippen LogP contribution in [0.25, 0.3) is 0 Å². The normalized spacial score (nSPS) is 7.92. The third kappa shape index (κ3) is 16.1. The first-order valence-electron chi connectivity index (χ1n) is 4.12. The Balaban J connectivity index is 0. The van der Waals surface area contributed by atoms with Gasteiger partial charge in [-0.3, -0.25) is 0 Å². The fraction of sp³-hybridized carbons (Fsp3) is 0.667. The lowest BCUT2D eigenvalue weighted by Gasteiger charge is -1.90. The number of ether oxygens (including phenoxy) is 1. The van der Waals surface area contributed by atoms with Gasteiger partial charge in [-0.05, 0) is 13.3 Å². The van der Waals surface area contributed by atoms with E-state index in [0.717, 1.165) is 18.9 Å². The van der Waals surface area contributed by atoms with Crippen LogP contribution < -0.4 is 0 Å². The van der Waals surface area contributed by atoms with Gasteiger partial charge >= 0.3 is 5.97 Å². The van der Waals surface area contributed by atoms with Crippen LogP contribution in [-0.4, -0.2) is 24.3 Å². The Morgan fingerprint density at radius 3 is 2.25 bits per heavy atom. The third-order valence-corrected chi connectivity index (χ3v) is 0.965. The number of carbonyl (C=O) groups excluding carboxylic acids is 1. The summed E-state index contributed by atoms with van der Waals surface area (Å²) in [7, 11) is 0. The average Bonchev–Trinajstić information content (AvgIpc) is 2.07. The molecular formula is C9H18O3. The molecule has 0 aromatic carbocycles. The zero-order chi connectivity index (χ0) is 9.82. The molecule has 3 heteroatoms. The van der Waals surface area contributed by atoms with Crippen LogP contribution in [-0.2, 0) is 9.53 Å². The molecule has 1 N–H and O–H groups in total.